The second-order valence-electron chi connectivity index (χ2n) is 2.67. The highest BCUT2D eigenvalue weighted by Crippen LogP contribution is 2.16. The molecule has 0 aliphatic heterocycles. The lowest BCUT2D eigenvalue weighted by molar-refractivity contribution is 0.663. The lowest BCUT2D eigenvalue weighted by Gasteiger charge is -2.04. The van der Waals surface area contributed by atoms with Crippen LogP contribution in [-0.2, 0) is 10.8 Å². The minimum absolute atomic E-state index is 0.439. The van der Waals surface area contributed by atoms with E-state index in [0.29, 0.717) is 28.5 Å². The SMILES string of the molecule is C=C(c1ccccc1)S(=O)CCSO. The van der Waals surface area contributed by atoms with Gasteiger partial charge in [0.2, 0.25) is 0 Å². The lowest BCUT2D eigenvalue weighted by Crippen LogP contribution is -2.01. The zero-order valence-electron chi connectivity index (χ0n) is 7.68. The summed E-state index contributed by atoms with van der Waals surface area (Å²) in [5, 5.41) is 0. The molecule has 0 heterocycles. The summed E-state index contributed by atoms with van der Waals surface area (Å²) in [5.41, 5.74) is 0.897. The molecule has 1 aromatic rings. The average Bonchev–Trinajstić information content (AvgIpc) is 2.26. The maximum atomic E-state index is 11.6. The number of benzene rings is 1. The van der Waals surface area contributed by atoms with E-state index in [1.807, 2.05) is 30.3 Å². The number of hydrogen-bond donors (Lipinski definition) is 1. The van der Waals surface area contributed by atoms with Gasteiger partial charge in [0.1, 0.15) is 0 Å². The molecule has 0 amide bonds. The molecule has 0 spiro atoms. The smallest absolute Gasteiger partial charge is 0.0538 e. The molecule has 0 aliphatic rings. The standard InChI is InChI=1S/C10H12O2S2/c1-9(14(12)8-7-13-11)10-5-3-2-4-6-10/h2-6,11H,1,7-8H2. The summed E-state index contributed by atoms with van der Waals surface area (Å²) in [6.07, 6.45) is 0. The highest BCUT2D eigenvalue weighted by Gasteiger charge is 2.06. The van der Waals surface area contributed by atoms with Gasteiger partial charge in [-0.25, -0.2) is 0 Å². The van der Waals surface area contributed by atoms with Crippen LogP contribution < -0.4 is 0 Å². The molecule has 0 saturated heterocycles. The van der Waals surface area contributed by atoms with Gasteiger partial charge >= 0.3 is 0 Å². The molecule has 0 radical (unpaired) electrons. The topological polar surface area (TPSA) is 37.3 Å². The van der Waals surface area contributed by atoms with Gasteiger partial charge in [0.25, 0.3) is 0 Å². The normalized spacial score (nSPS) is 12.4. The highest BCUT2D eigenvalue weighted by molar-refractivity contribution is 7.97. The van der Waals surface area contributed by atoms with Crippen LogP contribution in [0.4, 0.5) is 0 Å². The van der Waals surface area contributed by atoms with Crippen molar-refractivity contribution in [2.24, 2.45) is 0 Å². The summed E-state index contributed by atoms with van der Waals surface area (Å²) in [6, 6.07) is 9.44. The Morgan fingerprint density at radius 1 is 1.43 bits per heavy atom. The van der Waals surface area contributed by atoms with Gasteiger partial charge < -0.3 is 4.55 Å². The Balaban J connectivity index is 2.62. The Kier molecular flexibility index (Phi) is 4.93. The summed E-state index contributed by atoms with van der Waals surface area (Å²) in [6.45, 7) is 3.79. The fourth-order valence-electron chi connectivity index (χ4n) is 0.992. The van der Waals surface area contributed by atoms with E-state index in [0.717, 1.165) is 5.56 Å². The van der Waals surface area contributed by atoms with E-state index in [-0.39, 0.29) is 0 Å². The quantitative estimate of drug-likeness (QED) is 0.787. The average molecular weight is 228 g/mol. The highest BCUT2D eigenvalue weighted by atomic mass is 32.2. The summed E-state index contributed by atoms with van der Waals surface area (Å²) >= 11 is 0.708. The molecule has 1 N–H and O–H groups in total. The van der Waals surface area contributed by atoms with Crippen molar-refractivity contribution in [2.75, 3.05) is 11.5 Å². The number of hydrogen-bond acceptors (Lipinski definition) is 3. The van der Waals surface area contributed by atoms with Gasteiger partial charge in [0.05, 0.1) is 10.8 Å². The zero-order chi connectivity index (χ0) is 10.4. The molecule has 0 aliphatic carbocycles. The molecule has 0 bridgehead atoms. The van der Waals surface area contributed by atoms with E-state index in [9.17, 15) is 4.21 Å². The van der Waals surface area contributed by atoms with Crippen LogP contribution in [0.1, 0.15) is 5.56 Å². The van der Waals surface area contributed by atoms with Crippen molar-refractivity contribution in [2.45, 2.75) is 0 Å². The van der Waals surface area contributed by atoms with Crippen LogP contribution in [-0.4, -0.2) is 20.3 Å². The fourth-order valence-corrected chi connectivity index (χ4v) is 2.54. The second-order valence-corrected chi connectivity index (χ2v) is 4.93. The summed E-state index contributed by atoms with van der Waals surface area (Å²) in [7, 11) is -1.09. The minimum atomic E-state index is -1.09. The fraction of sp³-hybridized carbons (Fsp3) is 0.200. The van der Waals surface area contributed by atoms with Crippen molar-refractivity contribution in [3.8, 4) is 0 Å². The van der Waals surface area contributed by atoms with E-state index >= 15 is 0 Å². The summed E-state index contributed by atoms with van der Waals surface area (Å²) < 4.78 is 20.1. The first kappa shape index (κ1) is 11.5. The molecule has 1 rings (SSSR count). The molecule has 1 aromatic carbocycles. The van der Waals surface area contributed by atoms with Crippen LogP contribution in [0.2, 0.25) is 0 Å². The van der Waals surface area contributed by atoms with E-state index in [1.54, 1.807) is 0 Å². The van der Waals surface area contributed by atoms with E-state index in [1.165, 1.54) is 0 Å². The Labute approximate surface area is 90.7 Å². The predicted octanol–water partition coefficient (Wildman–Crippen LogP) is 2.61. The Morgan fingerprint density at radius 2 is 2.07 bits per heavy atom. The van der Waals surface area contributed by atoms with Crippen LogP contribution in [0.3, 0.4) is 0 Å². The number of rotatable bonds is 5. The molecular formula is C10H12O2S2. The van der Waals surface area contributed by atoms with Crippen LogP contribution >= 0.6 is 12.0 Å². The first-order chi connectivity index (χ1) is 6.75. The van der Waals surface area contributed by atoms with Crippen LogP contribution in [0.5, 0.6) is 0 Å². The third-order valence-electron chi connectivity index (χ3n) is 1.73. The van der Waals surface area contributed by atoms with Crippen LogP contribution in [0.25, 0.3) is 4.91 Å². The molecular weight excluding hydrogens is 216 g/mol. The molecule has 1 atom stereocenters. The van der Waals surface area contributed by atoms with Gasteiger partial charge in [-0.1, -0.05) is 36.9 Å². The maximum absolute atomic E-state index is 11.6. The summed E-state index contributed by atoms with van der Waals surface area (Å²) in [4.78, 5) is 0.625. The van der Waals surface area contributed by atoms with Crippen LogP contribution in [0.15, 0.2) is 36.9 Å². The van der Waals surface area contributed by atoms with Gasteiger partial charge in [-0.15, -0.1) is 0 Å². The lowest BCUT2D eigenvalue weighted by atomic mass is 10.2. The third kappa shape index (κ3) is 3.29. The van der Waals surface area contributed by atoms with Gasteiger partial charge in [0.15, 0.2) is 0 Å². The molecule has 14 heavy (non-hydrogen) atoms. The van der Waals surface area contributed by atoms with E-state index < -0.39 is 10.8 Å². The Morgan fingerprint density at radius 3 is 2.64 bits per heavy atom. The molecule has 0 saturated carbocycles. The van der Waals surface area contributed by atoms with Gasteiger partial charge in [-0.2, -0.15) is 0 Å². The van der Waals surface area contributed by atoms with Gasteiger partial charge in [0, 0.05) is 16.4 Å². The van der Waals surface area contributed by atoms with E-state index in [4.69, 9.17) is 4.55 Å². The van der Waals surface area contributed by atoms with Crippen molar-refractivity contribution in [1.29, 1.82) is 0 Å². The molecule has 4 heteroatoms. The molecule has 2 nitrogen and oxygen atoms in total. The van der Waals surface area contributed by atoms with Crippen molar-refractivity contribution in [3.63, 3.8) is 0 Å². The second kappa shape index (κ2) is 6.01. The largest absolute Gasteiger partial charge is 0.330 e. The van der Waals surface area contributed by atoms with Crippen molar-refractivity contribution in [3.05, 3.63) is 42.5 Å². The monoisotopic (exact) mass is 228 g/mol. The molecule has 1 unspecified atom stereocenters. The Hall–Kier alpha value is -0.580. The van der Waals surface area contributed by atoms with Crippen molar-refractivity contribution >= 4 is 27.7 Å². The predicted molar refractivity (Wildman–Crippen MR) is 63.6 cm³/mol. The molecule has 0 fully saturated rings. The van der Waals surface area contributed by atoms with Crippen molar-refractivity contribution in [1.82, 2.24) is 0 Å². The van der Waals surface area contributed by atoms with Crippen LogP contribution in [0, 0.1) is 0 Å². The van der Waals surface area contributed by atoms with E-state index in [2.05, 4.69) is 6.58 Å². The Bertz CT molecular complexity index is 322. The first-order valence-corrected chi connectivity index (χ1v) is 6.41. The third-order valence-corrected chi connectivity index (χ3v) is 3.74. The molecule has 76 valence electrons. The maximum Gasteiger partial charge on any atom is 0.0538 e. The van der Waals surface area contributed by atoms with Gasteiger partial charge in [-0.05, 0) is 17.6 Å². The zero-order valence-corrected chi connectivity index (χ0v) is 9.31. The first-order valence-electron chi connectivity index (χ1n) is 4.14. The minimum Gasteiger partial charge on any atom is -0.330 e. The molecule has 0 aromatic heterocycles. The van der Waals surface area contributed by atoms with Gasteiger partial charge in [-0.3, -0.25) is 4.21 Å². The van der Waals surface area contributed by atoms with Crippen molar-refractivity contribution < 1.29 is 8.76 Å². The summed E-state index contributed by atoms with van der Waals surface area (Å²) in [5.74, 6) is 0.910.